The van der Waals surface area contributed by atoms with E-state index >= 15 is 0 Å². The van der Waals surface area contributed by atoms with Crippen LogP contribution in [0.3, 0.4) is 0 Å². The van der Waals surface area contributed by atoms with Gasteiger partial charge in [-0.3, -0.25) is 9.59 Å². The molecule has 5 saturated carbocycles. The molecular formula is C33H54O4. The summed E-state index contributed by atoms with van der Waals surface area (Å²) in [6, 6.07) is 0. The van der Waals surface area contributed by atoms with Crippen LogP contribution in [0.15, 0.2) is 0 Å². The molecule has 0 N–H and O–H groups in total. The van der Waals surface area contributed by atoms with Crippen molar-refractivity contribution in [2.24, 2.45) is 62.6 Å². The third-order valence-corrected chi connectivity index (χ3v) is 14.4. The van der Waals surface area contributed by atoms with Crippen LogP contribution in [-0.2, 0) is 19.1 Å². The first-order chi connectivity index (χ1) is 17.2. The number of methoxy groups -OCH3 is 1. The highest BCUT2D eigenvalue weighted by atomic mass is 16.5. The van der Waals surface area contributed by atoms with Gasteiger partial charge in [-0.1, -0.05) is 48.5 Å². The molecule has 4 heteroatoms. The fraction of sp³-hybridized carbons (Fsp3) is 0.939. The van der Waals surface area contributed by atoms with Crippen LogP contribution in [0.25, 0.3) is 0 Å². The minimum absolute atomic E-state index is 0.00231. The van der Waals surface area contributed by atoms with E-state index in [-0.39, 0.29) is 45.1 Å². The molecular weight excluding hydrogens is 460 g/mol. The number of carbonyl (C=O) groups excluding carboxylic acids is 2. The van der Waals surface area contributed by atoms with Crippen molar-refractivity contribution in [1.29, 1.82) is 0 Å². The zero-order valence-electron chi connectivity index (χ0n) is 25.2. The molecule has 0 aromatic carbocycles. The summed E-state index contributed by atoms with van der Waals surface area (Å²) in [5.74, 6) is 3.44. The third kappa shape index (κ3) is 3.51. The van der Waals surface area contributed by atoms with Gasteiger partial charge in [0.1, 0.15) is 6.10 Å². The Morgan fingerprint density at radius 3 is 2.11 bits per heavy atom. The zero-order valence-corrected chi connectivity index (χ0v) is 25.2. The third-order valence-electron chi connectivity index (χ3n) is 14.4. The molecule has 0 amide bonds. The second-order valence-corrected chi connectivity index (χ2v) is 15.7. The Kier molecular flexibility index (Phi) is 6.48. The van der Waals surface area contributed by atoms with E-state index in [1.807, 2.05) is 0 Å². The maximum absolute atomic E-state index is 13.5. The predicted molar refractivity (Wildman–Crippen MR) is 147 cm³/mol. The SMILES string of the molecule is COC(=O)[C@]12CC[C@@H](C)[C@H](C)[C@H]1[C@@H]1CC[C@@H]3[C@@]4(C)CC[C@H](OC(C)=O)C(C)(C)[C@@H]4CC[C@@]3(C)[C@]1(C)CC2. The highest BCUT2D eigenvalue weighted by Crippen LogP contribution is 2.77. The number of esters is 2. The Morgan fingerprint density at radius 1 is 0.757 bits per heavy atom. The molecule has 0 saturated heterocycles. The lowest BCUT2D eigenvalue weighted by Gasteiger charge is -2.73. The predicted octanol–water partition coefficient (Wildman–Crippen LogP) is 7.83. The molecule has 0 bridgehead atoms. The molecule has 0 aromatic heterocycles. The summed E-state index contributed by atoms with van der Waals surface area (Å²) in [4.78, 5) is 25.4. The number of hydrogen-bond donors (Lipinski definition) is 0. The monoisotopic (exact) mass is 514 g/mol. The normalized spacial score (nSPS) is 52.5. The Balaban J connectivity index is 1.52. The van der Waals surface area contributed by atoms with Crippen LogP contribution in [0.5, 0.6) is 0 Å². The number of hydrogen-bond acceptors (Lipinski definition) is 4. The topological polar surface area (TPSA) is 52.6 Å². The minimum atomic E-state index is -0.279. The van der Waals surface area contributed by atoms with Crippen molar-refractivity contribution in [3.8, 4) is 0 Å². The lowest BCUT2D eigenvalue weighted by Crippen LogP contribution is -2.68. The largest absolute Gasteiger partial charge is 0.469 e. The molecule has 4 nitrogen and oxygen atoms in total. The Morgan fingerprint density at radius 2 is 1.46 bits per heavy atom. The smallest absolute Gasteiger partial charge is 0.312 e. The van der Waals surface area contributed by atoms with Gasteiger partial charge in [-0.05, 0) is 116 Å². The maximum atomic E-state index is 13.5. The summed E-state index contributed by atoms with van der Waals surface area (Å²) in [6.07, 6.45) is 11.5. The van der Waals surface area contributed by atoms with E-state index in [1.54, 1.807) is 14.0 Å². The summed E-state index contributed by atoms with van der Waals surface area (Å²) in [6.45, 7) is 19.1. The first-order valence-electron chi connectivity index (χ1n) is 15.4. The highest BCUT2D eigenvalue weighted by Gasteiger charge is 2.71. The van der Waals surface area contributed by atoms with Crippen molar-refractivity contribution in [1.82, 2.24) is 0 Å². The molecule has 0 aliphatic heterocycles. The minimum Gasteiger partial charge on any atom is -0.469 e. The van der Waals surface area contributed by atoms with Crippen molar-refractivity contribution in [2.45, 2.75) is 126 Å². The summed E-state index contributed by atoms with van der Waals surface area (Å²) < 4.78 is 11.5. The summed E-state index contributed by atoms with van der Waals surface area (Å²) >= 11 is 0. The Labute approximate surface area is 226 Å². The average molecular weight is 515 g/mol. The average Bonchev–Trinajstić information content (AvgIpc) is 2.83. The van der Waals surface area contributed by atoms with Crippen molar-refractivity contribution in [3.63, 3.8) is 0 Å². The lowest BCUT2D eigenvalue weighted by molar-refractivity contribution is -0.260. The summed E-state index contributed by atoms with van der Waals surface area (Å²) in [7, 11) is 1.61. The Bertz CT molecular complexity index is 941. The molecule has 0 spiro atoms. The van der Waals surface area contributed by atoms with Gasteiger partial charge in [0.15, 0.2) is 0 Å². The molecule has 37 heavy (non-hydrogen) atoms. The standard InChI is InChI=1S/C33H54O4/c1-20-12-17-33(28(35)36-9)19-18-31(7)23(27(33)21(20)2)10-11-25-30(6)15-14-26(37-22(3)34)29(4,5)24(30)13-16-32(25,31)8/h20-21,23-27H,10-19H2,1-9H3/t20-,21+,23+,24+,25-,26+,27+,30+,31-,32-,33+/m1/s1. The van der Waals surface area contributed by atoms with Crippen LogP contribution in [-0.4, -0.2) is 25.2 Å². The van der Waals surface area contributed by atoms with E-state index in [0.717, 1.165) is 38.5 Å². The van der Waals surface area contributed by atoms with Gasteiger partial charge in [0.2, 0.25) is 0 Å². The van der Waals surface area contributed by atoms with E-state index < -0.39 is 0 Å². The molecule has 11 atom stereocenters. The van der Waals surface area contributed by atoms with Crippen molar-refractivity contribution >= 4 is 11.9 Å². The summed E-state index contributed by atoms with van der Waals surface area (Å²) in [5, 5.41) is 0. The van der Waals surface area contributed by atoms with Crippen LogP contribution >= 0.6 is 0 Å². The van der Waals surface area contributed by atoms with Crippen LogP contribution in [0.1, 0.15) is 120 Å². The number of fused-ring (bicyclic) bond motifs is 7. The van der Waals surface area contributed by atoms with Crippen LogP contribution in [0.2, 0.25) is 0 Å². The molecule has 210 valence electrons. The van der Waals surface area contributed by atoms with Crippen molar-refractivity contribution in [3.05, 3.63) is 0 Å². The van der Waals surface area contributed by atoms with Gasteiger partial charge >= 0.3 is 11.9 Å². The van der Waals surface area contributed by atoms with Crippen molar-refractivity contribution in [2.75, 3.05) is 7.11 Å². The van der Waals surface area contributed by atoms with Gasteiger partial charge in [-0.2, -0.15) is 0 Å². The van der Waals surface area contributed by atoms with E-state index in [1.165, 1.54) is 25.7 Å². The molecule has 0 unspecified atom stereocenters. The van der Waals surface area contributed by atoms with Gasteiger partial charge in [-0.15, -0.1) is 0 Å². The van der Waals surface area contributed by atoms with Crippen LogP contribution < -0.4 is 0 Å². The number of carbonyl (C=O) groups is 2. The molecule has 0 aromatic rings. The van der Waals surface area contributed by atoms with Gasteiger partial charge in [0.05, 0.1) is 12.5 Å². The van der Waals surface area contributed by atoms with E-state index in [9.17, 15) is 9.59 Å². The van der Waals surface area contributed by atoms with Crippen molar-refractivity contribution < 1.29 is 19.1 Å². The first-order valence-corrected chi connectivity index (χ1v) is 15.4. The lowest BCUT2D eigenvalue weighted by atomic mass is 9.31. The molecule has 5 aliphatic rings. The van der Waals surface area contributed by atoms with Crippen LogP contribution in [0, 0.1) is 62.6 Å². The van der Waals surface area contributed by atoms with Gasteiger partial charge in [0, 0.05) is 12.3 Å². The Hall–Kier alpha value is -1.06. The fourth-order valence-corrected chi connectivity index (χ4v) is 12.2. The van der Waals surface area contributed by atoms with E-state index in [4.69, 9.17) is 9.47 Å². The summed E-state index contributed by atoms with van der Waals surface area (Å²) in [5.41, 5.74) is 0.503. The first kappa shape index (κ1) is 27.5. The molecule has 5 aliphatic carbocycles. The number of ether oxygens (including phenoxy) is 2. The zero-order chi connectivity index (χ0) is 27.2. The maximum Gasteiger partial charge on any atom is 0.312 e. The van der Waals surface area contributed by atoms with Gasteiger partial charge < -0.3 is 9.47 Å². The second kappa shape index (κ2) is 8.72. The molecule has 5 fully saturated rings. The molecule has 5 rings (SSSR count). The molecule has 0 radical (unpaired) electrons. The second-order valence-electron chi connectivity index (χ2n) is 15.7. The van der Waals surface area contributed by atoms with Crippen LogP contribution in [0.4, 0.5) is 0 Å². The number of rotatable bonds is 2. The molecule has 0 heterocycles. The fourth-order valence-electron chi connectivity index (χ4n) is 12.2. The van der Waals surface area contributed by atoms with E-state index in [0.29, 0.717) is 35.5 Å². The van der Waals surface area contributed by atoms with Gasteiger partial charge in [-0.25, -0.2) is 0 Å². The highest BCUT2D eigenvalue weighted by molar-refractivity contribution is 5.77. The quantitative estimate of drug-likeness (QED) is 0.352. The van der Waals surface area contributed by atoms with Gasteiger partial charge in [0.25, 0.3) is 0 Å². The van der Waals surface area contributed by atoms with E-state index in [2.05, 4.69) is 48.5 Å².